The number of hydrogen-bond acceptors (Lipinski definition) is 4. The van der Waals surface area contributed by atoms with Crippen molar-refractivity contribution in [3.8, 4) is 0 Å². The van der Waals surface area contributed by atoms with Gasteiger partial charge in [0.15, 0.2) is 0 Å². The molecule has 0 aliphatic rings. The van der Waals surface area contributed by atoms with E-state index in [2.05, 4.69) is 4.99 Å². The number of para-hydroxylation sites is 3. The standard InChI is InChI=1S/C16H13N3O2/c17-12-6-2-3-7-13(12)19-16(18)11-9-21-14-8-4-1-5-10(14)15(11)20/h1-9H,17H2,(H2,18,19). The predicted octanol–water partition coefficient (Wildman–Crippen LogP) is 2.41. The van der Waals surface area contributed by atoms with Crippen LogP contribution in [-0.2, 0) is 0 Å². The van der Waals surface area contributed by atoms with Gasteiger partial charge < -0.3 is 15.9 Å². The molecule has 0 atom stereocenters. The van der Waals surface area contributed by atoms with Crippen LogP contribution in [0, 0.1) is 0 Å². The van der Waals surface area contributed by atoms with E-state index in [1.165, 1.54) is 6.26 Å². The van der Waals surface area contributed by atoms with Gasteiger partial charge in [0.05, 0.1) is 22.3 Å². The smallest absolute Gasteiger partial charge is 0.203 e. The lowest BCUT2D eigenvalue weighted by molar-refractivity contribution is 0.601. The van der Waals surface area contributed by atoms with E-state index in [-0.39, 0.29) is 16.8 Å². The number of hydrogen-bond donors (Lipinski definition) is 2. The number of benzene rings is 2. The van der Waals surface area contributed by atoms with Gasteiger partial charge in [0.25, 0.3) is 0 Å². The van der Waals surface area contributed by atoms with Gasteiger partial charge in [0, 0.05) is 0 Å². The molecule has 3 aromatic rings. The van der Waals surface area contributed by atoms with Crippen molar-refractivity contribution in [3.63, 3.8) is 0 Å². The van der Waals surface area contributed by atoms with Gasteiger partial charge in [-0.2, -0.15) is 0 Å². The zero-order valence-electron chi connectivity index (χ0n) is 11.1. The Balaban J connectivity index is 2.14. The van der Waals surface area contributed by atoms with Crippen molar-refractivity contribution in [2.24, 2.45) is 10.7 Å². The number of fused-ring (bicyclic) bond motifs is 1. The first-order chi connectivity index (χ1) is 10.2. The molecule has 0 aliphatic carbocycles. The van der Waals surface area contributed by atoms with Crippen LogP contribution in [-0.4, -0.2) is 5.84 Å². The molecule has 0 saturated carbocycles. The highest BCUT2D eigenvalue weighted by Gasteiger charge is 2.10. The molecule has 0 amide bonds. The minimum atomic E-state index is -0.215. The highest BCUT2D eigenvalue weighted by molar-refractivity contribution is 6.01. The lowest BCUT2D eigenvalue weighted by atomic mass is 10.1. The van der Waals surface area contributed by atoms with Gasteiger partial charge in [-0.1, -0.05) is 24.3 Å². The molecule has 5 heteroatoms. The summed E-state index contributed by atoms with van der Waals surface area (Å²) in [7, 11) is 0. The molecule has 3 rings (SSSR count). The van der Waals surface area contributed by atoms with Crippen LogP contribution in [0.2, 0.25) is 0 Å². The zero-order chi connectivity index (χ0) is 14.8. The third-order valence-electron chi connectivity index (χ3n) is 3.13. The molecule has 5 nitrogen and oxygen atoms in total. The number of nitrogens with two attached hydrogens (primary N) is 2. The Morgan fingerprint density at radius 3 is 2.57 bits per heavy atom. The fraction of sp³-hybridized carbons (Fsp3) is 0. The second kappa shape index (κ2) is 5.13. The van der Waals surface area contributed by atoms with E-state index < -0.39 is 0 Å². The first-order valence-corrected chi connectivity index (χ1v) is 6.36. The average Bonchev–Trinajstić information content (AvgIpc) is 2.50. The van der Waals surface area contributed by atoms with Crippen molar-refractivity contribution in [1.82, 2.24) is 0 Å². The summed E-state index contributed by atoms with van der Waals surface area (Å²) in [6.45, 7) is 0. The molecular weight excluding hydrogens is 266 g/mol. The van der Waals surface area contributed by atoms with Gasteiger partial charge >= 0.3 is 0 Å². The molecule has 0 radical (unpaired) electrons. The van der Waals surface area contributed by atoms with E-state index in [0.717, 1.165) is 0 Å². The summed E-state index contributed by atoms with van der Waals surface area (Å²) in [5, 5.41) is 0.467. The predicted molar refractivity (Wildman–Crippen MR) is 83.7 cm³/mol. The van der Waals surface area contributed by atoms with Crippen LogP contribution < -0.4 is 16.9 Å². The number of rotatable bonds is 2. The summed E-state index contributed by atoms with van der Waals surface area (Å²) in [5.74, 6) is 0.0763. The number of nitrogens with zero attached hydrogens (tertiary/aromatic N) is 1. The minimum absolute atomic E-state index is 0.0763. The molecule has 1 aromatic heterocycles. The van der Waals surface area contributed by atoms with Crippen LogP contribution in [0.3, 0.4) is 0 Å². The van der Waals surface area contributed by atoms with Gasteiger partial charge in [-0.05, 0) is 24.3 Å². The van der Waals surface area contributed by atoms with E-state index in [0.29, 0.717) is 22.3 Å². The van der Waals surface area contributed by atoms with Crippen molar-refractivity contribution in [3.05, 3.63) is 70.6 Å². The van der Waals surface area contributed by atoms with Crippen LogP contribution in [0.25, 0.3) is 11.0 Å². The number of anilines is 1. The van der Waals surface area contributed by atoms with Crippen molar-refractivity contribution < 1.29 is 4.42 Å². The first-order valence-electron chi connectivity index (χ1n) is 6.36. The second-order valence-corrected chi connectivity index (χ2v) is 4.53. The summed E-state index contributed by atoms with van der Waals surface area (Å²) >= 11 is 0. The van der Waals surface area contributed by atoms with Gasteiger partial charge in [0.2, 0.25) is 5.43 Å². The number of nitrogen functional groups attached to an aromatic ring is 1. The molecule has 21 heavy (non-hydrogen) atoms. The molecule has 104 valence electrons. The molecule has 4 N–H and O–H groups in total. The van der Waals surface area contributed by atoms with Gasteiger partial charge in [-0.15, -0.1) is 0 Å². The maximum atomic E-state index is 12.4. The van der Waals surface area contributed by atoms with Crippen molar-refractivity contribution in [2.75, 3.05) is 5.73 Å². The first kappa shape index (κ1) is 12.9. The highest BCUT2D eigenvalue weighted by atomic mass is 16.3. The lowest BCUT2D eigenvalue weighted by Crippen LogP contribution is -2.22. The summed E-state index contributed by atoms with van der Waals surface area (Å²) < 4.78 is 5.42. The maximum Gasteiger partial charge on any atom is 0.203 e. The SMILES string of the molecule is NC(=Nc1ccccc1N)c1coc2ccccc2c1=O. The monoisotopic (exact) mass is 279 g/mol. The Hall–Kier alpha value is -3.08. The molecule has 0 fully saturated rings. The molecule has 0 saturated heterocycles. The van der Waals surface area contributed by atoms with Crippen LogP contribution >= 0.6 is 0 Å². The third kappa shape index (κ3) is 2.36. The lowest BCUT2D eigenvalue weighted by Gasteiger charge is -2.03. The van der Waals surface area contributed by atoms with E-state index >= 15 is 0 Å². The zero-order valence-corrected chi connectivity index (χ0v) is 11.1. The Kier molecular flexibility index (Phi) is 3.16. The van der Waals surface area contributed by atoms with Crippen molar-refractivity contribution in [2.45, 2.75) is 0 Å². The van der Waals surface area contributed by atoms with Crippen LogP contribution in [0.1, 0.15) is 5.56 Å². The maximum absolute atomic E-state index is 12.4. The molecule has 0 unspecified atom stereocenters. The quantitative estimate of drug-likeness (QED) is 0.428. The average molecular weight is 279 g/mol. The second-order valence-electron chi connectivity index (χ2n) is 4.53. The largest absolute Gasteiger partial charge is 0.463 e. The molecule has 0 aliphatic heterocycles. The normalized spacial score (nSPS) is 11.7. The summed E-state index contributed by atoms with van der Waals surface area (Å²) in [6.07, 6.45) is 1.32. The van der Waals surface area contributed by atoms with Gasteiger partial charge in [0.1, 0.15) is 17.7 Å². The minimum Gasteiger partial charge on any atom is -0.463 e. The molecule has 0 spiro atoms. The van der Waals surface area contributed by atoms with Crippen LogP contribution in [0.4, 0.5) is 11.4 Å². The summed E-state index contributed by atoms with van der Waals surface area (Å²) in [4.78, 5) is 16.6. The van der Waals surface area contributed by atoms with Crippen LogP contribution in [0.5, 0.6) is 0 Å². The van der Waals surface area contributed by atoms with Crippen molar-refractivity contribution >= 4 is 28.2 Å². The van der Waals surface area contributed by atoms with Crippen LogP contribution in [0.15, 0.2) is 69.0 Å². The van der Waals surface area contributed by atoms with Crippen molar-refractivity contribution in [1.29, 1.82) is 0 Å². The fourth-order valence-electron chi connectivity index (χ4n) is 2.03. The summed E-state index contributed by atoms with van der Waals surface area (Å²) in [5.41, 5.74) is 13.3. The molecule has 1 heterocycles. The van der Waals surface area contributed by atoms with E-state index in [9.17, 15) is 4.79 Å². The van der Waals surface area contributed by atoms with E-state index in [1.54, 1.807) is 48.5 Å². The molecule has 2 aromatic carbocycles. The van der Waals surface area contributed by atoms with E-state index in [4.69, 9.17) is 15.9 Å². The summed E-state index contributed by atoms with van der Waals surface area (Å²) in [6, 6.07) is 14.0. The Labute approximate surface area is 120 Å². The highest BCUT2D eigenvalue weighted by Crippen LogP contribution is 2.21. The third-order valence-corrected chi connectivity index (χ3v) is 3.13. The van der Waals surface area contributed by atoms with E-state index in [1.807, 2.05) is 0 Å². The Bertz CT molecular complexity index is 897. The molecular formula is C16H13N3O2. The topological polar surface area (TPSA) is 94.6 Å². The Morgan fingerprint density at radius 2 is 1.76 bits per heavy atom. The van der Waals surface area contributed by atoms with Gasteiger partial charge in [-0.3, -0.25) is 4.79 Å². The number of amidine groups is 1. The Morgan fingerprint density at radius 1 is 1.05 bits per heavy atom. The fourth-order valence-corrected chi connectivity index (χ4v) is 2.03. The number of aliphatic imine (C=N–C) groups is 1. The molecule has 0 bridgehead atoms. The van der Waals surface area contributed by atoms with Gasteiger partial charge in [-0.25, -0.2) is 4.99 Å².